The fraction of sp³-hybridized carbons (Fsp3) is 0.333. The molecular weight excluding hydrogens is 414 g/mol. The van der Waals surface area contributed by atoms with Gasteiger partial charge in [0.15, 0.2) is 5.76 Å². The number of carbonyl (C=O) groups is 2. The van der Waals surface area contributed by atoms with E-state index >= 15 is 0 Å². The van der Waals surface area contributed by atoms with Gasteiger partial charge in [0, 0.05) is 26.1 Å². The molecule has 1 aliphatic rings. The number of nitrogens with zero attached hydrogens (tertiary/aromatic N) is 2. The topological polar surface area (TPSA) is 65.8 Å². The molecule has 2 aromatic carbocycles. The van der Waals surface area contributed by atoms with Crippen LogP contribution in [0.25, 0.3) is 0 Å². The second-order valence-corrected chi connectivity index (χ2v) is 8.39. The molecule has 6 heteroatoms. The van der Waals surface area contributed by atoms with E-state index in [0.29, 0.717) is 19.5 Å². The Morgan fingerprint density at radius 3 is 2.33 bits per heavy atom. The molecule has 172 valence electrons. The summed E-state index contributed by atoms with van der Waals surface area (Å²) in [5.41, 5.74) is 4.45. The molecule has 6 nitrogen and oxygen atoms in total. The molecule has 0 spiro atoms. The van der Waals surface area contributed by atoms with Crippen molar-refractivity contribution in [2.75, 3.05) is 13.1 Å². The van der Waals surface area contributed by atoms with Crippen LogP contribution >= 0.6 is 0 Å². The van der Waals surface area contributed by atoms with Gasteiger partial charge in [0.25, 0.3) is 5.91 Å². The summed E-state index contributed by atoms with van der Waals surface area (Å²) in [7, 11) is 0. The summed E-state index contributed by atoms with van der Waals surface area (Å²) in [5, 5.41) is 3.04. The number of amides is 2. The minimum absolute atomic E-state index is 0.156. The highest BCUT2D eigenvalue weighted by Crippen LogP contribution is 2.25. The molecule has 1 atom stereocenters. The molecule has 2 amide bonds. The van der Waals surface area contributed by atoms with E-state index in [0.717, 1.165) is 36.3 Å². The van der Waals surface area contributed by atoms with Crippen LogP contribution in [0.15, 0.2) is 71.3 Å². The lowest BCUT2D eigenvalue weighted by atomic mass is 9.93. The van der Waals surface area contributed by atoms with Gasteiger partial charge < -0.3 is 14.6 Å². The van der Waals surface area contributed by atoms with Crippen LogP contribution in [0.1, 0.15) is 46.7 Å². The van der Waals surface area contributed by atoms with Crippen LogP contribution in [0, 0.1) is 0 Å². The highest BCUT2D eigenvalue weighted by atomic mass is 16.3. The molecule has 3 aromatic rings. The molecule has 33 heavy (non-hydrogen) atoms. The van der Waals surface area contributed by atoms with E-state index in [1.54, 1.807) is 17.0 Å². The lowest BCUT2D eigenvalue weighted by molar-refractivity contribution is -0.126. The van der Waals surface area contributed by atoms with Gasteiger partial charge in [-0.15, -0.1) is 0 Å². The van der Waals surface area contributed by atoms with Crippen LogP contribution in [-0.2, 0) is 30.8 Å². The van der Waals surface area contributed by atoms with Crippen molar-refractivity contribution in [1.29, 1.82) is 0 Å². The number of carbonyl (C=O) groups excluding carboxylic acids is 2. The number of benzene rings is 2. The average molecular weight is 446 g/mol. The first kappa shape index (κ1) is 22.8. The maximum Gasteiger partial charge on any atom is 0.290 e. The lowest BCUT2D eigenvalue weighted by Gasteiger charge is -2.35. The Morgan fingerprint density at radius 2 is 1.67 bits per heavy atom. The van der Waals surface area contributed by atoms with Gasteiger partial charge in [0.1, 0.15) is 6.04 Å². The van der Waals surface area contributed by atoms with Gasteiger partial charge in [-0.25, -0.2) is 0 Å². The van der Waals surface area contributed by atoms with E-state index in [1.165, 1.54) is 11.8 Å². The zero-order valence-corrected chi connectivity index (χ0v) is 19.3. The SMILES string of the molecule is CCN(CC)Cc1ccc(CNC(=O)C2Cc3ccccc3CN2C(=O)c2ccco2)cc1. The van der Waals surface area contributed by atoms with Crippen LogP contribution in [0.3, 0.4) is 0 Å². The maximum absolute atomic E-state index is 13.2. The van der Waals surface area contributed by atoms with E-state index in [-0.39, 0.29) is 17.6 Å². The van der Waals surface area contributed by atoms with Crippen molar-refractivity contribution in [1.82, 2.24) is 15.1 Å². The van der Waals surface area contributed by atoms with Crippen LogP contribution in [0.4, 0.5) is 0 Å². The molecule has 1 unspecified atom stereocenters. The summed E-state index contributed by atoms with van der Waals surface area (Å²) in [6.07, 6.45) is 1.96. The van der Waals surface area contributed by atoms with E-state index in [2.05, 4.69) is 48.3 Å². The second kappa shape index (κ2) is 10.5. The Bertz CT molecular complexity index is 1070. The molecule has 0 aliphatic carbocycles. The van der Waals surface area contributed by atoms with Crippen molar-refractivity contribution in [2.24, 2.45) is 0 Å². The van der Waals surface area contributed by atoms with E-state index < -0.39 is 6.04 Å². The number of hydrogen-bond acceptors (Lipinski definition) is 4. The third kappa shape index (κ3) is 5.34. The van der Waals surface area contributed by atoms with Gasteiger partial charge in [-0.1, -0.05) is 62.4 Å². The predicted octanol–water partition coefficient (Wildman–Crippen LogP) is 4.00. The predicted molar refractivity (Wildman–Crippen MR) is 127 cm³/mol. The van der Waals surface area contributed by atoms with Gasteiger partial charge in [-0.2, -0.15) is 0 Å². The summed E-state index contributed by atoms with van der Waals surface area (Å²) >= 11 is 0. The fourth-order valence-electron chi connectivity index (χ4n) is 4.29. The van der Waals surface area contributed by atoms with Gasteiger partial charge in [-0.3, -0.25) is 14.5 Å². The largest absolute Gasteiger partial charge is 0.459 e. The molecule has 0 bridgehead atoms. The Hall–Kier alpha value is -3.38. The Balaban J connectivity index is 1.44. The molecular formula is C27H31N3O3. The quantitative estimate of drug-likeness (QED) is 0.569. The van der Waals surface area contributed by atoms with E-state index in [1.807, 2.05) is 24.3 Å². The first-order valence-electron chi connectivity index (χ1n) is 11.6. The summed E-state index contributed by atoms with van der Waals surface area (Å²) < 4.78 is 5.32. The van der Waals surface area contributed by atoms with Crippen molar-refractivity contribution in [2.45, 2.75) is 45.9 Å². The number of nitrogens with one attached hydrogen (secondary N) is 1. The fourth-order valence-corrected chi connectivity index (χ4v) is 4.29. The monoisotopic (exact) mass is 445 g/mol. The minimum atomic E-state index is -0.584. The van der Waals surface area contributed by atoms with Crippen LogP contribution in [0.2, 0.25) is 0 Å². The van der Waals surface area contributed by atoms with Crippen molar-refractivity contribution in [3.8, 4) is 0 Å². The van der Waals surface area contributed by atoms with E-state index in [4.69, 9.17) is 4.42 Å². The zero-order valence-electron chi connectivity index (χ0n) is 19.3. The zero-order chi connectivity index (χ0) is 23.2. The van der Waals surface area contributed by atoms with Crippen molar-refractivity contribution in [3.63, 3.8) is 0 Å². The number of fused-ring (bicyclic) bond motifs is 1. The normalized spacial score (nSPS) is 15.4. The number of rotatable bonds is 8. The summed E-state index contributed by atoms with van der Waals surface area (Å²) in [5.74, 6) is -0.178. The Kier molecular flexibility index (Phi) is 7.25. The van der Waals surface area contributed by atoms with Crippen LogP contribution in [-0.4, -0.2) is 40.7 Å². The average Bonchev–Trinajstić information content (AvgIpc) is 3.40. The third-order valence-electron chi connectivity index (χ3n) is 6.33. The van der Waals surface area contributed by atoms with Crippen molar-refractivity contribution < 1.29 is 14.0 Å². The van der Waals surface area contributed by atoms with Gasteiger partial charge in [0.05, 0.1) is 6.26 Å². The first-order chi connectivity index (χ1) is 16.1. The van der Waals surface area contributed by atoms with Gasteiger partial charge >= 0.3 is 0 Å². The summed E-state index contributed by atoms with van der Waals surface area (Å²) in [6, 6.07) is 19.0. The van der Waals surface area contributed by atoms with Crippen molar-refractivity contribution >= 4 is 11.8 Å². The van der Waals surface area contributed by atoms with Crippen LogP contribution < -0.4 is 5.32 Å². The maximum atomic E-state index is 13.2. The third-order valence-corrected chi connectivity index (χ3v) is 6.33. The molecule has 1 aromatic heterocycles. The van der Waals surface area contributed by atoms with Gasteiger partial charge in [0.2, 0.25) is 5.91 Å². The number of hydrogen-bond donors (Lipinski definition) is 1. The van der Waals surface area contributed by atoms with Gasteiger partial charge in [-0.05, 0) is 47.5 Å². The Labute approximate surface area is 195 Å². The highest BCUT2D eigenvalue weighted by Gasteiger charge is 2.35. The molecule has 1 aliphatic heterocycles. The summed E-state index contributed by atoms with van der Waals surface area (Å²) in [6.45, 7) is 8.09. The summed E-state index contributed by atoms with van der Waals surface area (Å²) in [4.78, 5) is 30.3. The first-order valence-corrected chi connectivity index (χ1v) is 11.6. The molecule has 0 saturated carbocycles. The van der Waals surface area contributed by atoms with Crippen LogP contribution in [0.5, 0.6) is 0 Å². The molecule has 1 N–H and O–H groups in total. The minimum Gasteiger partial charge on any atom is -0.459 e. The molecule has 4 rings (SSSR count). The standard InChI is InChI=1S/C27H31N3O3/c1-3-29(4-2)18-21-13-11-20(12-14-21)17-28-26(31)24-16-22-8-5-6-9-23(22)19-30(24)27(32)25-10-7-15-33-25/h5-15,24H,3-4,16-19H2,1-2H3,(H,28,31). The molecule has 0 saturated heterocycles. The second-order valence-electron chi connectivity index (χ2n) is 8.39. The smallest absolute Gasteiger partial charge is 0.290 e. The lowest BCUT2D eigenvalue weighted by Crippen LogP contribution is -2.52. The number of furan rings is 1. The molecule has 2 heterocycles. The highest BCUT2D eigenvalue weighted by molar-refractivity contribution is 5.96. The Morgan fingerprint density at radius 1 is 0.970 bits per heavy atom. The van der Waals surface area contributed by atoms with Crippen molar-refractivity contribution in [3.05, 3.63) is 94.9 Å². The van der Waals surface area contributed by atoms with E-state index in [9.17, 15) is 9.59 Å². The molecule has 0 radical (unpaired) electrons. The molecule has 0 fully saturated rings.